The fourth-order valence-electron chi connectivity index (χ4n) is 1.42. The van der Waals surface area contributed by atoms with Crippen molar-refractivity contribution in [3.63, 3.8) is 0 Å². The topological polar surface area (TPSA) is 74.7 Å². The molecule has 0 saturated heterocycles. The molecule has 0 bridgehead atoms. The normalized spacial score (nSPS) is 13.5. The lowest BCUT2D eigenvalue weighted by Gasteiger charge is -2.25. The molecule has 0 amide bonds. The number of oxime groups is 1. The van der Waals surface area contributed by atoms with E-state index in [1.807, 2.05) is 31.9 Å². The molecule has 0 aromatic carbocycles. The Hall–Kier alpha value is -1.30. The summed E-state index contributed by atoms with van der Waals surface area (Å²) in [5.41, 5.74) is 6.61. The Balaban J connectivity index is 2.81. The fourth-order valence-corrected chi connectivity index (χ4v) is 1.64. The van der Waals surface area contributed by atoms with E-state index in [1.54, 1.807) is 6.20 Å². The van der Waals surface area contributed by atoms with Crippen molar-refractivity contribution in [3.05, 3.63) is 22.3 Å². The van der Waals surface area contributed by atoms with Gasteiger partial charge in [-0.1, -0.05) is 5.16 Å². The highest BCUT2D eigenvalue weighted by Gasteiger charge is 2.13. The second-order valence-corrected chi connectivity index (χ2v) is 4.90. The quantitative estimate of drug-likeness (QED) is 0.386. The van der Waals surface area contributed by atoms with Gasteiger partial charge in [0.05, 0.1) is 0 Å². The minimum absolute atomic E-state index is 0.110. The van der Waals surface area contributed by atoms with Crippen molar-refractivity contribution in [1.82, 2.24) is 4.98 Å². The zero-order valence-electron chi connectivity index (χ0n) is 10.2. The van der Waals surface area contributed by atoms with Crippen molar-refractivity contribution >= 4 is 27.6 Å². The highest BCUT2D eigenvalue weighted by Crippen LogP contribution is 2.21. The summed E-state index contributed by atoms with van der Waals surface area (Å²) in [5.74, 6) is 1.09. The number of hydrogen-bond acceptors (Lipinski definition) is 4. The number of amidine groups is 1. The average Bonchev–Trinajstić information content (AvgIpc) is 2.31. The molecule has 1 aromatic heterocycles. The molecule has 1 aromatic rings. The molecule has 0 saturated carbocycles. The average molecular weight is 301 g/mol. The van der Waals surface area contributed by atoms with Crippen molar-refractivity contribution in [2.75, 3.05) is 11.9 Å². The number of rotatable bonds is 4. The van der Waals surface area contributed by atoms with Crippen molar-refractivity contribution in [2.24, 2.45) is 10.9 Å². The number of aryl methyl sites for hydroxylation is 1. The summed E-state index contributed by atoms with van der Waals surface area (Å²) in [7, 11) is 1.94. The Morgan fingerprint density at radius 1 is 1.71 bits per heavy atom. The number of pyridine rings is 1. The number of hydrogen-bond donors (Lipinski definition) is 2. The largest absolute Gasteiger partial charge is 0.409 e. The molecule has 94 valence electrons. The van der Waals surface area contributed by atoms with E-state index in [2.05, 4.69) is 26.1 Å². The molecule has 3 N–H and O–H groups in total. The Morgan fingerprint density at radius 3 is 2.88 bits per heavy atom. The van der Waals surface area contributed by atoms with E-state index in [0.717, 1.165) is 15.9 Å². The van der Waals surface area contributed by atoms with Crippen LogP contribution in [-0.4, -0.2) is 29.1 Å². The number of halogens is 1. The third-order valence-corrected chi connectivity index (χ3v) is 3.52. The Bertz CT molecular complexity index is 422. The maximum atomic E-state index is 8.54. The zero-order chi connectivity index (χ0) is 13.0. The summed E-state index contributed by atoms with van der Waals surface area (Å²) < 4.78 is 0.985. The van der Waals surface area contributed by atoms with Gasteiger partial charge in [-0.05, 0) is 41.4 Å². The van der Waals surface area contributed by atoms with Crippen LogP contribution in [0, 0.1) is 6.92 Å². The van der Waals surface area contributed by atoms with Crippen LogP contribution in [0.15, 0.2) is 21.9 Å². The van der Waals surface area contributed by atoms with E-state index < -0.39 is 0 Å². The standard InChI is InChI=1S/C11H17BrN4O/c1-7-4-11(14-6-9(7)12)16(3)8(2)5-10(13)15-17/h4,6,8,17H,5H2,1-3H3,(H2,13,15). The summed E-state index contributed by atoms with van der Waals surface area (Å²) in [6, 6.07) is 2.10. The van der Waals surface area contributed by atoms with Crippen LogP contribution in [0.5, 0.6) is 0 Å². The molecule has 0 fully saturated rings. The first-order valence-corrected chi connectivity index (χ1v) is 6.06. The van der Waals surface area contributed by atoms with Gasteiger partial charge >= 0.3 is 0 Å². The second-order valence-electron chi connectivity index (χ2n) is 4.05. The summed E-state index contributed by atoms with van der Waals surface area (Å²) >= 11 is 3.41. The van der Waals surface area contributed by atoms with Crippen LogP contribution in [0.1, 0.15) is 18.9 Å². The maximum absolute atomic E-state index is 8.54. The molecule has 0 aliphatic carbocycles. The van der Waals surface area contributed by atoms with Gasteiger partial charge in [-0.3, -0.25) is 0 Å². The third-order valence-electron chi connectivity index (χ3n) is 2.69. The Labute approximate surface area is 109 Å². The van der Waals surface area contributed by atoms with Gasteiger partial charge in [0.1, 0.15) is 11.7 Å². The molecule has 0 aliphatic rings. The smallest absolute Gasteiger partial charge is 0.141 e. The van der Waals surface area contributed by atoms with Crippen LogP contribution < -0.4 is 10.6 Å². The molecular weight excluding hydrogens is 284 g/mol. The third kappa shape index (κ3) is 3.59. The highest BCUT2D eigenvalue weighted by molar-refractivity contribution is 9.10. The van der Waals surface area contributed by atoms with E-state index in [-0.39, 0.29) is 11.9 Å². The van der Waals surface area contributed by atoms with E-state index in [0.29, 0.717) is 6.42 Å². The van der Waals surface area contributed by atoms with Gasteiger partial charge in [0.15, 0.2) is 0 Å². The lowest BCUT2D eigenvalue weighted by molar-refractivity contribution is 0.316. The number of nitrogens with zero attached hydrogens (tertiary/aromatic N) is 3. The van der Waals surface area contributed by atoms with E-state index in [9.17, 15) is 0 Å². The van der Waals surface area contributed by atoms with Gasteiger partial charge in [0, 0.05) is 30.2 Å². The lowest BCUT2D eigenvalue weighted by atomic mass is 10.2. The number of nitrogens with two attached hydrogens (primary N) is 1. The molecule has 1 atom stereocenters. The van der Waals surface area contributed by atoms with Crippen LogP contribution in [0.4, 0.5) is 5.82 Å². The summed E-state index contributed by atoms with van der Waals surface area (Å²) in [4.78, 5) is 6.33. The molecule has 0 radical (unpaired) electrons. The van der Waals surface area contributed by atoms with Crippen LogP contribution in [-0.2, 0) is 0 Å². The summed E-state index contributed by atoms with van der Waals surface area (Å²) in [6.07, 6.45) is 2.27. The van der Waals surface area contributed by atoms with Crippen molar-refractivity contribution < 1.29 is 5.21 Å². The predicted molar refractivity (Wildman–Crippen MR) is 72.6 cm³/mol. The van der Waals surface area contributed by atoms with Gasteiger partial charge < -0.3 is 15.8 Å². The molecule has 0 spiro atoms. The van der Waals surface area contributed by atoms with E-state index in [4.69, 9.17) is 10.9 Å². The second kappa shape index (κ2) is 5.86. The minimum Gasteiger partial charge on any atom is -0.409 e. The maximum Gasteiger partial charge on any atom is 0.141 e. The lowest BCUT2D eigenvalue weighted by Crippen LogP contribution is -2.33. The fraction of sp³-hybridized carbons (Fsp3) is 0.455. The molecule has 5 nitrogen and oxygen atoms in total. The monoisotopic (exact) mass is 300 g/mol. The molecule has 17 heavy (non-hydrogen) atoms. The minimum atomic E-state index is 0.110. The number of aromatic nitrogens is 1. The molecule has 1 heterocycles. The van der Waals surface area contributed by atoms with Crippen molar-refractivity contribution in [1.29, 1.82) is 0 Å². The molecule has 1 rings (SSSR count). The van der Waals surface area contributed by atoms with Crippen LogP contribution in [0.3, 0.4) is 0 Å². The Kier molecular flexibility index (Phi) is 4.74. The first-order valence-electron chi connectivity index (χ1n) is 5.27. The first-order chi connectivity index (χ1) is 7.95. The van der Waals surface area contributed by atoms with Crippen molar-refractivity contribution in [2.45, 2.75) is 26.3 Å². The molecule has 0 aliphatic heterocycles. The summed E-state index contributed by atoms with van der Waals surface area (Å²) in [5, 5.41) is 11.5. The molecule has 6 heteroatoms. The van der Waals surface area contributed by atoms with E-state index in [1.165, 1.54) is 0 Å². The molecular formula is C11H17BrN4O. The number of anilines is 1. The van der Waals surface area contributed by atoms with Crippen molar-refractivity contribution in [3.8, 4) is 0 Å². The summed E-state index contributed by atoms with van der Waals surface area (Å²) in [6.45, 7) is 4.01. The van der Waals surface area contributed by atoms with Crippen LogP contribution >= 0.6 is 15.9 Å². The first kappa shape index (κ1) is 13.8. The molecule has 1 unspecified atom stereocenters. The zero-order valence-corrected chi connectivity index (χ0v) is 11.8. The highest BCUT2D eigenvalue weighted by atomic mass is 79.9. The Morgan fingerprint density at radius 2 is 2.35 bits per heavy atom. The SMILES string of the molecule is Cc1cc(N(C)C(C)C/C(N)=N/O)ncc1Br. The van der Waals surface area contributed by atoms with Crippen LogP contribution in [0.2, 0.25) is 0 Å². The van der Waals surface area contributed by atoms with Gasteiger partial charge in [0.25, 0.3) is 0 Å². The van der Waals surface area contributed by atoms with Crippen LogP contribution in [0.25, 0.3) is 0 Å². The van der Waals surface area contributed by atoms with E-state index >= 15 is 0 Å². The van der Waals surface area contributed by atoms with Gasteiger partial charge in [-0.25, -0.2) is 4.98 Å². The van der Waals surface area contributed by atoms with Gasteiger partial charge in [0.2, 0.25) is 0 Å². The van der Waals surface area contributed by atoms with Gasteiger partial charge in [-0.15, -0.1) is 0 Å². The van der Waals surface area contributed by atoms with Gasteiger partial charge in [-0.2, -0.15) is 0 Å². The predicted octanol–water partition coefficient (Wildman–Crippen LogP) is 2.11.